The van der Waals surface area contributed by atoms with Gasteiger partial charge >= 0.3 is 39.5 Å². The topological polar surface area (TPSA) is 237 Å². The van der Waals surface area contributed by atoms with Gasteiger partial charge in [-0.1, -0.05) is 249 Å². The number of esters is 4. The summed E-state index contributed by atoms with van der Waals surface area (Å²) in [6.45, 7) is 4.33. The van der Waals surface area contributed by atoms with Gasteiger partial charge in [0.05, 0.1) is 26.4 Å². The highest BCUT2D eigenvalue weighted by atomic mass is 31.2. The van der Waals surface area contributed by atoms with Gasteiger partial charge in [0.25, 0.3) is 0 Å². The fourth-order valence-corrected chi connectivity index (χ4v) is 11.0. The van der Waals surface area contributed by atoms with Crippen molar-refractivity contribution >= 4 is 39.5 Å². The Morgan fingerprint density at radius 3 is 0.843 bits per heavy atom. The molecule has 0 aromatic carbocycles. The molecule has 5 unspecified atom stereocenters. The van der Waals surface area contributed by atoms with Crippen molar-refractivity contribution in [2.45, 2.75) is 290 Å². The number of aliphatic hydroxyl groups is 1. The van der Waals surface area contributed by atoms with Gasteiger partial charge in [-0.3, -0.25) is 37.3 Å². The van der Waals surface area contributed by atoms with Gasteiger partial charge in [-0.25, -0.2) is 9.13 Å². The zero-order valence-corrected chi connectivity index (χ0v) is 64.8. The molecule has 0 aromatic heterocycles. The maximum atomic E-state index is 13.1. The number of phosphoric acid groups is 2. The summed E-state index contributed by atoms with van der Waals surface area (Å²) in [6, 6.07) is 0. The van der Waals surface area contributed by atoms with E-state index in [1.54, 1.807) is 0 Å². The predicted molar refractivity (Wildman–Crippen MR) is 417 cm³/mol. The van der Waals surface area contributed by atoms with E-state index in [-0.39, 0.29) is 25.7 Å². The first-order valence-electron chi connectivity index (χ1n) is 38.4. The largest absolute Gasteiger partial charge is 0.472 e. The van der Waals surface area contributed by atoms with Gasteiger partial charge in [0.1, 0.15) is 19.3 Å². The first-order valence-corrected chi connectivity index (χ1v) is 41.4. The lowest BCUT2D eigenvalue weighted by molar-refractivity contribution is -0.161. The number of hydrogen-bond acceptors (Lipinski definition) is 15. The highest BCUT2D eigenvalue weighted by molar-refractivity contribution is 7.47. The Morgan fingerprint density at radius 1 is 0.284 bits per heavy atom. The lowest BCUT2D eigenvalue weighted by atomic mass is 10.1. The van der Waals surface area contributed by atoms with Gasteiger partial charge in [0.2, 0.25) is 0 Å². The van der Waals surface area contributed by atoms with Crippen molar-refractivity contribution < 1.29 is 80.2 Å². The average Bonchev–Trinajstić information content (AvgIpc) is 0.923. The van der Waals surface area contributed by atoms with Gasteiger partial charge < -0.3 is 33.8 Å². The lowest BCUT2D eigenvalue weighted by Gasteiger charge is -2.21. The van der Waals surface area contributed by atoms with Gasteiger partial charge in [0.15, 0.2) is 12.2 Å². The summed E-state index contributed by atoms with van der Waals surface area (Å²) in [5, 5.41) is 10.6. The van der Waals surface area contributed by atoms with E-state index in [4.69, 9.17) is 37.0 Å². The Labute approximate surface area is 616 Å². The van der Waals surface area contributed by atoms with Crippen LogP contribution >= 0.6 is 15.6 Å². The van der Waals surface area contributed by atoms with Gasteiger partial charge in [-0.2, -0.15) is 0 Å². The Kier molecular flexibility index (Phi) is 69.7. The van der Waals surface area contributed by atoms with E-state index in [9.17, 15) is 43.2 Å². The highest BCUT2D eigenvalue weighted by Crippen LogP contribution is 2.45. The number of carbonyl (C=O) groups is 4. The molecule has 0 aliphatic heterocycles. The maximum Gasteiger partial charge on any atom is 0.472 e. The predicted octanol–water partition coefficient (Wildman–Crippen LogP) is 22.2. The van der Waals surface area contributed by atoms with Crippen molar-refractivity contribution in [3.05, 3.63) is 170 Å². The molecular weight excluding hydrogens is 1330 g/mol. The second-order valence-corrected chi connectivity index (χ2v) is 27.7. The number of hydrogen-bond donors (Lipinski definition) is 3. The van der Waals surface area contributed by atoms with E-state index in [0.717, 1.165) is 167 Å². The molecule has 578 valence electrons. The molecule has 0 aliphatic rings. The Hall–Kier alpha value is -5.58. The van der Waals surface area contributed by atoms with Gasteiger partial charge in [-0.15, -0.1) is 0 Å². The second kappa shape index (κ2) is 73.7. The molecule has 0 spiro atoms. The van der Waals surface area contributed by atoms with Crippen LogP contribution in [0.15, 0.2) is 170 Å². The van der Waals surface area contributed by atoms with Crippen molar-refractivity contribution in [1.82, 2.24) is 0 Å². The minimum atomic E-state index is -5.00. The van der Waals surface area contributed by atoms with E-state index in [1.807, 2.05) is 12.2 Å². The van der Waals surface area contributed by atoms with Crippen LogP contribution in [0.3, 0.4) is 0 Å². The molecule has 0 amide bonds. The summed E-state index contributed by atoms with van der Waals surface area (Å²) in [5.41, 5.74) is 0. The monoisotopic (exact) mass is 1460 g/mol. The van der Waals surface area contributed by atoms with Crippen molar-refractivity contribution in [3.63, 3.8) is 0 Å². The Balaban J connectivity index is 5.49. The highest BCUT2D eigenvalue weighted by Gasteiger charge is 2.30. The molecule has 19 heteroatoms. The van der Waals surface area contributed by atoms with Crippen molar-refractivity contribution in [2.24, 2.45) is 0 Å². The number of aliphatic hydroxyl groups excluding tert-OH is 1. The summed E-state index contributed by atoms with van der Waals surface area (Å²) in [6.07, 6.45) is 86.4. The summed E-state index contributed by atoms with van der Waals surface area (Å²) in [7, 11) is -10.0. The minimum absolute atomic E-state index is 0.0557. The maximum absolute atomic E-state index is 13.1. The molecule has 0 heterocycles. The zero-order chi connectivity index (χ0) is 74.6. The van der Waals surface area contributed by atoms with Crippen molar-refractivity contribution in [1.29, 1.82) is 0 Å². The van der Waals surface area contributed by atoms with Crippen LogP contribution in [0.4, 0.5) is 0 Å². The van der Waals surface area contributed by atoms with E-state index in [0.29, 0.717) is 32.1 Å². The van der Waals surface area contributed by atoms with Crippen molar-refractivity contribution in [2.75, 3.05) is 39.6 Å². The number of allylic oxidation sites excluding steroid dienone is 28. The van der Waals surface area contributed by atoms with E-state index < -0.39 is 97.5 Å². The lowest BCUT2D eigenvalue weighted by Crippen LogP contribution is -2.30. The van der Waals surface area contributed by atoms with Gasteiger partial charge in [-0.05, 0) is 167 Å². The summed E-state index contributed by atoms with van der Waals surface area (Å²) in [4.78, 5) is 72.9. The van der Waals surface area contributed by atoms with Crippen LogP contribution in [0.1, 0.15) is 272 Å². The summed E-state index contributed by atoms with van der Waals surface area (Å²) in [5.74, 6) is -2.34. The zero-order valence-electron chi connectivity index (χ0n) is 63.0. The van der Waals surface area contributed by atoms with Crippen molar-refractivity contribution in [3.8, 4) is 0 Å². The molecule has 102 heavy (non-hydrogen) atoms. The molecule has 0 fully saturated rings. The van der Waals surface area contributed by atoms with E-state index >= 15 is 0 Å². The minimum Gasteiger partial charge on any atom is -0.462 e. The third kappa shape index (κ3) is 72.8. The molecule has 5 atom stereocenters. The van der Waals surface area contributed by atoms with Crippen LogP contribution < -0.4 is 0 Å². The Morgan fingerprint density at radius 2 is 0.520 bits per heavy atom. The average molecular weight is 1470 g/mol. The first-order chi connectivity index (χ1) is 49.7. The van der Waals surface area contributed by atoms with Crippen LogP contribution in [0.2, 0.25) is 0 Å². The summed E-state index contributed by atoms with van der Waals surface area (Å²) >= 11 is 0. The molecular formula is C83H134O17P2. The van der Waals surface area contributed by atoms with Crippen LogP contribution in [0.5, 0.6) is 0 Å². The van der Waals surface area contributed by atoms with Crippen LogP contribution in [0, 0.1) is 0 Å². The molecule has 17 nitrogen and oxygen atoms in total. The molecule has 0 rings (SSSR count). The molecule has 0 saturated carbocycles. The third-order valence-electron chi connectivity index (χ3n) is 15.2. The number of unbranched alkanes of at least 4 members (excludes halogenated alkanes) is 16. The third-order valence-corrected chi connectivity index (χ3v) is 17.1. The smallest absolute Gasteiger partial charge is 0.462 e. The summed E-state index contributed by atoms with van der Waals surface area (Å²) < 4.78 is 68.4. The number of rotatable bonds is 70. The molecule has 3 N–H and O–H groups in total. The molecule has 0 saturated heterocycles. The van der Waals surface area contributed by atoms with Crippen LogP contribution in [0.25, 0.3) is 0 Å². The first kappa shape index (κ1) is 96.4. The second-order valence-electron chi connectivity index (χ2n) is 24.8. The molecule has 0 bridgehead atoms. The number of phosphoric ester groups is 2. The Bertz CT molecular complexity index is 2600. The SMILES string of the molecule is CC/C=C\C/C=C\C/C=C\C/C=C\C/C=C\CCCC(=O)OCC(COP(=O)(O)OCC(O)COP(=O)(O)OCC(COC(=O)CCCC/C=C\C/C=C\C/C=C\C/C=C\CC)OC(=O)CCCCCCC/C=C\C/C=C\CCCCC)OC(=O)CCCCCCC/C=C\C/C=C\C/C=C\CC. The van der Waals surface area contributed by atoms with E-state index in [2.05, 4.69) is 186 Å². The number of ether oxygens (including phenoxy) is 4. The van der Waals surface area contributed by atoms with Crippen LogP contribution in [-0.4, -0.2) is 96.7 Å². The standard InChI is InChI=1S/C83H134O17P2/c1-5-9-13-17-21-25-29-33-37-38-42-44-48-52-56-60-64-68-81(86)94-74-79(100-83(88)70-66-62-58-54-50-46-41-36-32-28-24-20-16-12-8-4)76-98-102(91,92)96-72-77(84)71-95-101(89,90)97-75-78(99-82(87)69-65-61-57-53-49-45-40-35-31-27-23-19-15-11-7-3)73-93-80(85)67-63-59-55-51-47-43-39-34-30-26-22-18-14-10-6-2/h9-10,12-14,16,21-28,33-37,39-42,44,47,51-52,56,77-79,84H,5-8,11,15,17-20,29-32,38,43,45-46,48-50,53-55,57-76H2,1-4H3,(H,89,90)(H,91,92)/b13-9-,14-10-,16-12-,25-21-,26-22-,27-23-,28-24-,37-33-,39-34-,40-35-,41-36-,44-42-,51-47-,56-52-. The number of carbonyl (C=O) groups excluding carboxylic acids is 4. The van der Waals surface area contributed by atoms with E-state index in [1.165, 1.54) is 19.3 Å². The van der Waals surface area contributed by atoms with Crippen LogP contribution in [-0.2, 0) is 65.4 Å². The normalized spacial score (nSPS) is 14.9. The van der Waals surface area contributed by atoms with Gasteiger partial charge in [0, 0.05) is 25.7 Å². The molecule has 0 aliphatic carbocycles. The fraction of sp³-hybridized carbons (Fsp3) is 0.614. The quantitative estimate of drug-likeness (QED) is 0.0169. The molecule has 0 aromatic rings. The fourth-order valence-electron chi connectivity index (χ4n) is 9.41. The molecule has 0 radical (unpaired) electrons.